The van der Waals surface area contributed by atoms with Crippen molar-refractivity contribution in [2.24, 2.45) is 0 Å². The third-order valence-corrected chi connectivity index (χ3v) is 167. The summed E-state index contributed by atoms with van der Waals surface area (Å²) in [4.78, 5) is 0. The summed E-state index contributed by atoms with van der Waals surface area (Å²) in [5.74, 6) is 0. The number of hydrogen-bond acceptors (Lipinski definition) is 0. The lowest BCUT2D eigenvalue weighted by molar-refractivity contribution is 4.44. The zero-order chi connectivity index (χ0) is 20.9. The van der Waals surface area contributed by atoms with Crippen molar-refractivity contribution in [2.75, 3.05) is 0 Å². The molecule has 0 radical (unpaired) electrons. The molecule has 0 N–H and O–H groups in total. The largest absolute Gasteiger partial charge is 0.553 e. The van der Waals surface area contributed by atoms with Gasteiger partial charge in [-0.05, 0) is 69.9 Å². The predicted octanol–water partition coefficient (Wildman–Crippen LogP) is 15.4. The van der Waals surface area contributed by atoms with Crippen molar-refractivity contribution in [2.45, 2.75) is 0 Å². The van der Waals surface area contributed by atoms with E-state index in [1.54, 1.807) is 0 Å². The second-order valence-corrected chi connectivity index (χ2v) is 106. The predicted molar refractivity (Wildman–Crippen MR) is 216 cm³/mol. The first-order valence-corrected chi connectivity index (χ1v) is 51.7. The molecule has 0 bridgehead atoms. The molecule has 0 aromatic heterocycles. The first kappa shape index (κ1) is 37.2. The Hall–Kier alpha value is 11.2. The molecule has 26 heteroatoms. The SMILES string of the molecule is [PH-]P([PH-])P(P(P)P)P(P(P)P)P(P(P(P)P)P(P)P)P(P(P)P)P(P)P. The van der Waals surface area contributed by atoms with Crippen LogP contribution in [0, 0.1) is 0 Å². The minimum Gasteiger partial charge on any atom is -0.553 e. The lowest BCUT2D eigenvalue weighted by Gasteiger charge is -2.54. The summed E-state index contributed by atoms with van der Waals surface area (Å²) in [6.07, 6.45) is 0. The van der Waals surface area contributed by atoms with Crippen LogP contribution in [-0.2, 0) is 0 Å². The third kappa shape index (κ3) is 13.5. The van der Waals surface area contributed by atoms with E-state index in [9.17, 15) is 0 Å². The molecule has 0 saturated heterocycles. The van der Waals surface area contributed by atoms with E-state index in [2.05, 4.69) is 125 Å². The summed E-state index contributed by atoms with van der Waals surface area (Å²) in [6.45, 7) is -0.419. The Bertz CT molecular complexity index is 314. The van der Waals surface area contributed by atoms with Crippen molar-refractivity contribution in [1.29, 1.82) is 0 Å². The van der Waals surface area contributed by atoms with E-state index >= 15 is 0 Å². The summed E-state index contributed by atoms with van der Waals surface area (Å²) in [5, 5.41) is 0. The molecule has 0 rings (SSSR count). The zero-order valence-electron chi connectivity index (χ0n) is 13.3. The van der Waals surface area contributed by atoms with Gasteiger partial charge >= 0.3 is 0 Å². The van der Waals surface area contributed by atoms with Gasteiger partial charge in [-0.1, -0.05) is 6.99 Å². The Morgan fingerprint density at radius 3 is 0.692 bits per heavy atom. The monoisotopic (exact) mass is 832 g/mol. The van der Waals surface area contributed by atoms with Crippen LogP contribution >= 0.6 is 209 Å². The van der Waals surface area contributed by atoms with Crippen LogP contribution in [0.3, 0.4) is 0 Å². The van der Waals surface area contributed by atoms with Gasteiger partial charge in [0.2, 0.25) is 0 Å². The van der Waals surface area contributed by atoms with E-state index in [1.807, 2.05) is 0 Å². The fraction of sp³-hybridized carbons (Fsp3) is 0. The Morgan fingerprint density at radius 1 is 0.308 bits per heavy atom. The molecule has 0 amide bonds. The van der Waals surface area contributed by atoms with E-state index in [0.29, 0.717) is 0 Å². The molecular weight excluding hydrogens is 805 g/mol. The summed E-state index contributed by atoms with van der Waals surface area (Å²) in [5.41, 5.74) is 0. The second kappa shape index (κ2) is 20.1. The molecule has 0 spiro atoms. The van der Waals surface area contributed by atoms with E-state index in [-0.39, 0.29) is 83.8 Å². The van der Waals surface area contributed by atoms with Crippen LogP contribution in [0.15, 0.2) is 0 Å². The number of rotatable bonds is 11. The van der Waals surface area contributed by atoms with E-state index in [4.69, 9.17) is 0 Å². The van der Waals surface area contributed by atoms with Crippen molar-refractivity contribution in [3.8, 4) is 0 Å². The standard InChI is InChI=1S/H26P26/c1-15(2)22(16(3)4)25(21(13)14)26(23(17(5)6)18(7)8)24(19(9)10)20(11)12/h1-2H,3-14H2/q-2. The maximum absolute atomic E-state index is 4.09. The summed E-state index contributed by atoms with van der Waals surface area (Å²) < 4.78 is 0. The molecule has 0 aromatic carbocycles. The molecule has 0 nitrogen and oxygen atoms in total. The Balaban J connectivity index is 6.53. The molecule has 14 atom stereocenters. The normalized spacial score (nSPS) is 16.2. The summed E-state index contributed by atoms with van der Waals surface area (Å²) >= 11 is 0. The van der Waals surface area contributed by atoms with Gasteiger partial charge in [0.05, 0.1) is 0 Å². The van der Waals surface area contributed by atoms with Gasteiger partial charge in [0, 0.05) is 0 Å². The first-order valence-electron chi connectivity index (χ1n) is 5.75. The molecule has 26 heavy (non-hydrogen) atoms. The van der Waals surface area contributed by atoms with Crippen LogP contribution in [0.4, 0.5) is 0 Å². The molecule has 0 fully saturated rings. The van der Waals surface area contributed by atoms with E-state index in [1.165, 1.54) is 0 Å². The van der Waals surface area contributed by atoms with Gasteiger partial charge in [0.15, 0.2) is 0 Å². The van der Waals surface area contributed by atoms with Crippen LogP contribution < -0.4 is 0 Å². The topological polar surface area (TPSA) is 0 Å². The molecule has 0 aliphatic rings. The molecule has 0 heterocycles. The van der Waals surface area contributed by atoms with Gasteiger partial charge in [0.1, 0.15) is 0 Å². The molecule has 0 aliphatic carbocycles. The molecular formula is H26P26-2. The van der Waals surface area contributed by atoms with Crippen LogP contribution in [0.25, 0.3) is 0 Å². The highest BCUT2D eigenvalue weighted by atomic mass is 33.5. The van der Waals surface area contributed by atoms with Crippen molar-refractivity contribution >= 4 is 209 Å². The van der Waals surface area contributed by atoms with Crippen molar-refractivity contribution in [3.05, 3.63) is 0 Å². The van der Waals surface area contributed by atoms with Gasteiger partial charge in [-0.15, -0.1) is 107 Å². The van der Waals surface area contributed by atoms with Crippen LogP contribution in [0.5, 0.6) is 0 Å². The average molecular weight is 832 g/mol. The third-order valence-electron chi connectivity index (χ3n) is 2.06. The average Bonchev–Trinajstić information content (AvgIpc) is 2.40. The highest BCUT2D eigenvalue weighted by Gasteiger charge is 2.45. The Kier molecular flexibility index (Phi) is 28.8. The quantitative estimate of drug-likeness (QED) is 0.182. The fourth-order valence-corrected chi connectivity index (χ4v) is 329. The maximum Gasteiger partial charge on any atom is -0.000609 e. The van der Waals surface area contributed by atoms with Crippen LogP contribution in [0.1, 0.15) is 0 Å². The van der Waals surface area contributed by atoms with Gasteiger partial charge in [-0.25, -0.2) is 0 Å². The molecule has 158 valence electrons. The van der Waals surface area contributed by atoms with E-state index in [0.717, 1.165) is 0 Å². The van der Waals surface area contributed by atoms with Crippen molar-refractivity contribution in [3.63, 3.8) is 0 Å². The molecule has 0 saturated carbocycles. The fourth-order valence-electron chi connectivity index (χ4n) is 1.35. The molecule has 0 aromatic rings. The van der Waals surface area contributed by atoms with Gasteiger partial charge in [0.25, 0.3) is 0 Å². The lowest BCUT2D eigenvalue weighted by Crippen LogP contribution is -1.61. The van der Waals surface area contributed by atoms with Crippen molar-refractivity contribution < 1.29 is 0 Å². The summed E-state index contributed by atoms with van der Waals surface area (Å²) in [6, 6.07) is 0. The Labute approximate surface area is 206 Å². The van der Waals surface area contributed by atoms with Gasteiger partial charge in [-0.3, -0.25) is 0 Å². The van der Waals surface area contributed by atoms with Crippen molar-refractivity contribution in [1.82, 2.24) is 0 Å². The smallest absolute Gasteiger partial charge is 0.000609 e. The lowest BCUT2D eigenvalue weighted by atomic mass is 28.5. The molecule has 0 aliphatic heterocycles. The first-order chi connectivity index (χ1) is 11.7. The zero-order valence-corrected chi connectivity index (χ0v) is 39.9. The highest BCUT2D eigenvalue weighted by molar-refractivity contribution is 9.41. The Morgan fingerprint density at radius 2 is 0.538 bits per heavy atom. The minimum atomic E-state index is -0.242. The highest BCUT2D eigenvalue weighted by Crippen LogP contribution is 3.35. The van der Waals surface area contributed by atoms with Crippen LogP contribution in [-0.4, -0.2) is 0 Å². The number of hydrogen-bond donors (Lipinski definition) is 0. The summed E-state index contributed by atoms with van der Waals surface area (Å²) in [7, 11) is 46.9. The minimum absolute atomic E-state index is 0.0209. The van der Waals surface area contributed by atoms with E-state index < -0.39 is 0 Å². The second-order valence-electron chi connectivity index (χ2n) is 3.93. The van der Waals surface area contributed by atoms with Crippen LogP contribution in [0.2, 0.25) is 0 Å². The van der Waals surface area contributed by atoms with Gasteiger partial charge < -0.3 is 24.8 Å². The molecule has 14 unspecified atom stereocenters. The maximum atomic E-state index is 4.09. The van der Waals surface area contributed by atoms with Gasteiger partial charge in [-0.2, -0.15) is 0 Å².